The highest BCUT2D eigenvalue weighted by Crippen LogP contribution is 2.44. The SMILES string of the molecule is Cc1ccc2c(c1)c1c3n2CCN(C(=O)c2c(-c4c(F)cccc4Cl)noc2C)[C@H]3CCC1. The first-order chi connectivity index (χ1) is 16.0. The van der Waals surface area contributed by atoms with E-state index in [1.807, 2.05) is 4.90 Å². The highest BCUT2D eigenvalue weighted by atomic mass is 35.5. The molecule has 0 unspecified atom stereocenters. The van der Waals surface area contributed by atoms with Crippen molar-refractivity contribution in [3.05, 3.63) is 75.4 Å². The van der Waals surface area contributed by atoms with E-state index in [4.69, 9.17) is 16.1 Å². The van der Waals surface area contributed by atoms with Gasteiger partial charge in [0.1, 0.15) is 22.8 Å². The predicted octanol–water partition coefficient (Wildman–Crippen LogP) is 6.24. The average Bonchev–Trinajstić information content (AvgIpc) is 3.33. The van der Waals surface area contributed by atoms with E-state index in [-0.39, 0.29) is 33.8 Å². The first-order valence-corrected chi connectivity index (χ1v) is 11.7. The molecule has 3 heterocycles. The summed E-state index contributed by atoms with van der Waals surface area (Å²) in [6.07, 6.45) is 2.93. The van der Waals surface area contributed by atoms with Crippen LogP contribution in [0.5, 0.6) is 0 Å². The van der Waals surface area contributed by atoms with Crippen LogP contribution in [0.3, 0.4) is 0 Å². The summed E-state index contributed by atoms with van der Waals surface area (Å²) < 4.78 is 22.5. The molecule has 1 atom stereocenters. The maximum Gasteiger partial charge on any atom is 0.260 e. The number of halogens is 2. The van der Waals surface area contributed by atoms with E-state index in [0.717, 1.165) is 25.8 Å². The van der Waals surface area contributed by atoms with Crippen LogP contribution < -0.4 is 0 Å². The van der Waals surface area contributed by atoms with Crippen molar-refractivity contribution >= 4 is 28.4 Å². The minimum absolute atomic E-state index is 0.0269. The van der Waals surface area contributed by atoms with Crippen molar-refractivity contribution in [3.8, 4) is 11.3 Å². The lowest BCUT2D eigenvalue weighted by atomic mass is 9.89. The first kappa shape index (κ1) is 20.5. The number of carbonyl (C=O) groups is 1. The predicted molar refractivity (Wildman–Crippen MR) is 125 cm³/mol. The maximum absolute atomic E-state index is 14.7. The topological polar surface area (TPSA) is 51.3 Å². The zero-order valence-corrected chi connectivity index (χ0v) is 19.2. The van der Waals surface area contributed by atoms with Gasteiger partial charge < -0.3 is 14.0 Å². The molecule has 0 saturated carbocycles. The molecule has 4 aromatic rings. The fraction of sp³-hybridized carbons (Fsp3) is 0.308. The molecule has 0 bridgehead atoms. The van der Waals surface area contributed by atoms with Gasteiger partial charge in [0, 0.05) is 29.7 Å². The van der Waals surface area contributed by atoms with E-state index in [0.29, 0.717) is 12.3 Å². The quantitative estimate of drug-likeness (QED) is 0.353. The molecular formula is C26H23ClFN3O2. The van der Waals surface area contributed by atoms with Gasteiger partial charge in [-0.25, -0.2) is 4.39 Å². The molecule has 0 spiro atoms. The normalized spacial score (nSPS) is 17.5. The highest BCUT2D eigenvalue weighted by molar-refractivity contribution is 6.33. The van der Waals surface area contributed by atoms with Gasteiger partial charge in [-0.15, -0.1) is 0 Å². The summed E-state index contributed by atoms with van der Waals surface area (Å²) in [7, 11) is 0. The number of hydrogen-bond acceptors (Lipinski definition) is 3. The van der Waals surface area contributed by atoms with Gasteiger partial charge in [0.2, 0.25) is 0 Å². The van der Waals surface area contributed by atoms with E-state index in [1.165, 1.54) is 39.9 Å². The van der Waals surface area contributed by atoms with Crippen molar-refractivity contribution < 1.29 is 13.7 Å². The Morgan fingerprint density at radius 3 is 2.88 bits per heavy atom. The molecule has 5 nitrogen and oxygen atoms in total. The molecule has 1 aliphatic heterocycles. The smallest absolute Gasteiger partial charge is 0.260 e. The number of amides is 1. The second-order valence-corrected chi connectivity index (χ2v) is 9.41. The molecule has 1 aliphatic carbocycles. The first-order valence-electron chi connectivity index (χ1n) is 11.3. The molecule has 0 N–H and O–H groups in total. The number of fused-ring (bicyclic) bond motifs is 3. The lowest BCUT2D eigenvalue weighted by molar-refractivity contribution is 0.0600. The maximum atomic E-state index is 14.7. The van der Waals surface area contributed by atoms with Crippen molar-refractivity contribution in [1.82, 2.24) is 14.6 Å². The standard InChI is InChI=1S/C26H23ClFN3O2/c1-14-9-10-20-17(13-14)16-5-3-8-21-25(16)30(20)11-12-31(21)26(32)22-15(2)33-29-24(22)23-18(27)6-4-7-19(23)28/h4,6-7,9-10,13,21H,3,5,8,11-12H2,1-2H3/t21-/m0/s1. The van der Waals surface area contributed by atoms with Crippen LogP contribution in [-0.2, 0) is 13.0 Å². The monoisotopic (exact) mass is 463 g/mol. The molecule has 1 amide bonds. The molecule has 2 aromatic carbocycles. The van der Waals surface area contributed by atoms with Crippen LogP contribution in [0.25, 0.3) is 22.2 Å². The van der Waals surface area contributed by atoms with Gasteiger partial charge in [0.15, 0.2) is 0 Å². The zero-order chi connectivity index (χ0) is 22.9. The Labute approximate surface area is 195 Å². The summed E-state index contributed by atoms with van der Waals surface area (Å²) in [5.74, 6) is -0.348. The van der Waals surface area contributed by atoms with E-state index < -0.39 is 5.82 Å². The van der Waals surface area contributed by atoms with Crippen LogP contribution in [0.1, 0.15) is 51.8 Å². The molecule has 33 heavy (non-hydrogen) atoms. The number of hydrogen-bond donors (Lipinski definition) is 0. The fourth-order valence-corrected chi connectivity index (χ4v) is 5.88. The van der Waals surface area contributed by atoms with Crippen LogP contribution in [-0.4, -0.2) is 27.1 Å². The third kappa shape index (κ3) is 2.97. The third-order valence-electron chi connectivity index (χ3n) is 7.07. The second-order valence-electron chi connectivity index (χ2n) is 9.00. The third-order valence-corrected chi connectivity index (χ3v) is 7.38. The number of aromatic nitrogens is 2. The molecule has 0 saturated heterocycles. The number of rotatable bonds is 2. The van der Waals surface area contributed by atoms with Crippen molar-refractivity contribution in [2.24, 2.45) is 0 Å². The zero-order valence-electron chi connectivity index (χ0n) is 18.5. The molecule has 168 valence electrons. The minimum Gasteiger partial charge on any atom is -0.360 e. The molecule has 2 aliphatic rings. The Kier molecular flexibility index (Phi) is 4.63. The van der Waals surface area contributed by atoms with Gasteiger partial charge in [-0.2, -0.15) is 0 Å². The minimum atomic E-state index is -0.529. The van der Waals surface area contributed by atoms with Crippen molar-refractivity contribution in [2.45, 2.75) is 45.7 Å². The summed E-state index contributed by atoms with van der Waals surface area (Å²) in [6.45, 7) is 5.09. The van der Waals surface area contributed by atoms with Gasteiger partial charge in [-0.05, 0) is 62.9 Å². The summed E-state index contributed by atoms with van der Waals surface area (Å²) >= 11 is 6.30. The Balaban J connectivity index is 1.47. The fourth-order valence-electron chi connectivity index (χ4n) is 5.62. The lowest BCUT2D eigenvalue weighted by Crippen LogP contribution is -2.43. The summed E-state index contributed by atoms with van der Waals surface area (Å²) in [5, 5.41) is 5.54. The molecule has 0 fully saturated rings. The largest absolute Gasteiger partial charge is 0.360 e. The van der Waals surface area contributed by atoms with E-state index in [1.54, 1.807) is 13.0 Å². The van der Waals surface area contributed by atoms with Crippen molar-refractivity contribution in [3.63, 3.8) is 0 Å². The summed E-state index contributed by atoms with van der Waals surface area (Å²) in [4.78, 5) is 15.9. The lowest BCUT2D eigenvalue weighted by Gasteiger charge is -2.40. The molecule has 2 aromatic heterocycles. The van der Waals surface area contributed by atoms with E-state index in [2.05, 4.69) is 34.8 Å². The second kappa shape index (κ2) is 7.45. The number of aryl methyl sites for hydroxylation is 3. The Morgan fingerprint density at radius 2 is 2.06 bits per heavy atom. The molecule has 7 heteroatoms. The number of benzene rings is 2. The van der Waals surface area contributed by atoms with Gasteiger partial charge in [-0.1, -0.05) is 34.5 Å². The molecule has 6 rings (SSSR count). The molecule has 0 radical (unpaired) electrons. The summed E-state index contributed by atoms with van der Waals surface area (Å²) in [6, 6.07) is 11.0. The van der Waals surface area contributed by atoms with Gasteiger partial charge in [0.25, 0.3) is 5.91 Å². The molecular weight excluding hydrogens is 441 g/mol. The van der Waals surface area contributed by atoms with Crippen LogP contribution in [0.15, 0.2) is 40.9 Å². The highest BCUT2D eigenvalue weighted by Gasteiger charge is 2.39. The Morgan fingerprint density at radius 1 is 1.21 bits per heavy atom. The van der Waals surface area contributed by atoms with E-state index in [9.17, 15) is 9.18 Å². The van der Waals surface area contributed by atoms with E-state index >= 15 is 0 Å². The number of carbonyl (C=O) groups excluding carboxylic acids is 1. The van der Waals surface area contributed by atoms with Gasteiger partial charge in [0.05, 0.1) is 16.6 Å². The van der Waals surface area contributed by atoms with Crippen LogP contribution in [0.4, 0.5) is 4.39 Å². The van der Waals surface area contributed by atoms with Gasteiger partial charge in [-0.3, -0.25) is 4.79 Å². The summed E-state index contributed by atoms with van der Waals surface area (Å²) in [5.41, 5.74) is 5.62. The van der Waals surface area contributed by atoms with Crippen LogP contribution >= 0.6 is 11.6 Å². The van der Waals surface area contributed by atoms with Crippen molar-refractivity contribution in [2.75, 3.05) is 6.54 Å². The Bertz CT molecular complexity index is 1420. The Hall–Kier alpha value is -3.12. The average molecular weight is 464 g/mol. The van der Waals surface area contributed by atoms with Gasteiger partial charge >= 0.3 is 0 Å². The van der Waals surface area contributed by atoms with Crippen LogP contribution in [0, 0.1) is 19.7 Å². The van der Waals surface area contributed by atoms with Crippen LogP contribution in [0.2, 0.25) is 5.02 Å². The van der Waals surface area contributed by atoms with Crippen molar-refractivity contribution in [1.29, 1.82) is 0 Å². The number of nitrogens with zero attached hydrogens (tertiary/aromatic N) is 3.